The lowest BCUT2D eigenvalue weighted by Crippen LogP contribution is -2.54. The highest BCUT2D eigenvalue weighted by molar-refractivity contribution is 6.01. The number of carbonyl (C=O) groups is 1. The molecular formula is C38H41N9O7. The molecule has 0 radical (unpaired) electrons. The van der Waals surface area contributed by atoms with Crippen molar-refractivity contribution in [3.63, 3.8) is 0 Å². The van der Waals surface area contributed by atoms with Crippen LogP contribution in [0.4, 0.5) is 0 Å². The number of aliphatic hydroxyl groups is 1. The minimum absolute atomic E-state index is 0.00625. The van der Waals surface area contributed by atoms with Crippen LogP contribution in [0, 0.1) is 0 Å². The normalized spacial score (nSPS) is 15.9. The van der Waals surface area contributed by atoms with E-state index in [-0.39, 0.29) is 38.6 Å². The molecule has 4 aromatic rings. The Morgan fingerprint density at radius 1 is 0.889 bits per heavy atom. The number of azide groups is 2. The third-order valence-electron chi connectivity index (χ3n) is 8.77. The van der Waals surface area contributed by atoms with Gasteiger partial charge in [0.1, 0.15) is 5.75 Å². The van der Waals surface area contributed by atoms with Gasteiger partial charge in [-0.3, -0.25) is 10.2 Å². The van der Waals surface area contributed by atoms with E-state index in [0.717, 1.165) is 5.56 Å². The first-order valence-electron chi connectivity index (χ1n) is 17.0. The van der Waals surface area contributed by atoms with Gasteiger partial charge in [0, 0.05) is 41.4 Å². The van der Waals surface area contributed by atoms with E-state index < -0.39 is 17.6 Å². The molecule has 0 spiro atoms. The van der Waals surface area contributed by atoms with Gasteiger partial charge < -0.3 is 28.8 Å². The average molecular weight is 736 g/mol. The van der Waals surface area contributed by atoms with Gasteiger partial charge in [0.25, 0.3) is 5.91 Å². The molecule has 4 aromatic carbocycles. The Morgan fingerprint density at radius 3 is 2.15 bits per heavy atom. The summed E-state index contributed by atoms with van der Waals surface area (Å²) in [6.45, 7) is 0.584. The summed E-state index contributed by atoms with van der Waals surface area (Å²) >= 11 is 0. The fourth-order valence-corrected chi connectivity index (χ4v) is 6.16. The van der Waals surface area contributed by atoms with E-state index in [0.29, 0.717) is 63.8 Å². The average Bonchev–Trinajstić information content (AvgIpc) is 3.59. The lowest BCUT2D eigenvalue weighted by atomic mass is 9.80. The molecule has 1 aliphatic heterocycles. The zero-order valence-corrected chi connectivity index (χ0v) is 30.1. The van der Waals surface area contributed by atoms with E-state index in [1.807, 2.05) is 48.5 Å². The van der Waals surface area contributed by atoms with E-state index in [1.165, 1.54) is 21.3 Å². The highest BCUT2D eigenvalue weighted by Gasteiger charge is 2.54. The molecule has 0 unspecified atom stereocenters. The maximum absolute atomic E-state index is 14.9. The Morgan fingerprint density at radius 2 is 1.52 bits per heavy atom. The van der Waals surface area contributed by atoms with Crippen LogP contribution in [0.2, 0.25) is 0 Å². The number of aliphatic hydroxyl groups excluding tert-OH is 1. The molecule has 0 saturated carbocycles. The summed E-state index contributed by atoms with van der Waals surface area (Å²) in [5.41, 5.74) is 26.6. The van der Waals surface area contributed by atoms with Crippen molar-refractivity contribution in [2.75, 3.05) is 34.5 Å². The van der Waals surface area contributed by atoms with Crippen molar-refractivity contribution >= 4 is 11.8 Å². The zero-order chi connectivity index (χ0) is 38.3. The van der Waals surface area contributed by atoms with Gasteiger partial charge in [0.2, 0.25) is 11.6 Å². The highest BCUT2D eigenvalue weighted by Crippen LogP contribution is 2.44. The maximum atomic E-state index is 14.9. The SMILES string of the molecule is COc1cc(CNNC(=O)[C@@]2(Cc3ccccc3CN=[N+]=[N-])N=C(c3ccc(OCCCO)cc3)O[C@H]2c2ccccc2CN=[N+]=[N-])cc(OC)c1OC. The van der Waals surface area contributed by atoms with Crippen molar-refractivity contribution in [3.8, 4) is 23.0 Å². The van der Waals surface area contributed by atoms with E-state index >= 15 is 0 Å². The first-order chi connectivity index (χ1) is 26.4. The summed E-state index contributed by atoms with van der Waals surface area (Å²) in [5, 5.41) is 16.7. The van der Waals surface area contributed by atoms with Gasteiger partial charge in [0.05, 0.1) is 41.0 Å². The van der Waals surface area contributed by atoms with Crippen LogP contribution < -0.4 is 29.8 Å². The van der Waals surface area contributed by atoms with Crippen molar-refractivity contribution in [2.24, 2.45) is 15.2 Å². The number of hydrazine groups is 1. The number of aliphatic imine (C=N–C) groups is 1. The second kappa shape index (κ2) is 18.9. The van der Waals surface area contributed by atoms with E-state index in [1.54, 1.807) is 36.4 Å². The quantitative estimate of drug-likeness (QED) is 0.0320. The molecule has 16 nitrogen and oxygen atoms in total. The summed E-state index contributed by atoms with van der Waals surface area (Å²) in [6.07, 6.45) is -0.483. The molecule has 0 aliphatic carbocycles. The Balaban J connectivity index is 1.60. The van der Waals surface area contributed by atoms with Crippen molar-refractivity contribution < 1.29 is 33.6 Å². The molecule has 0 aromatic heterocycles. The van der Waals surface area contributed by atoms with Crippen LogP contribution in [0.5, 0.6) is 23.0 Å². The summed E-state index contributed by atoms with van der Waals surface area (Å²) < 4.78 is 28.9. The highest BCUT2D eigenvalue weighted by atomic mass is 16.5. The smallest absolute Gasteiger partial charge is 0.266 e. The van der Waals surface area contributed by atoms with E-state index in [9.17, 15) is 10.3 Å². The molecule has 0 saturated heterocycles. The summed E-state index contributed by atoms with van der Waals surface area (Å²) in [6, 6.07) is 25.2. The van der Waals surface area contributed by atoms with Crippen LogP contribution in [0.25, 0.3) is 20.9 Å². The number of hydrogen-bond acceptors (Lipinski definition) is 11. The molecule has 0 fully saturated rings. The number of rotatable bonds is 19. The monoisotopic (exact) mass is 735 g/mol. The van der Waals surface area contributed by atoms with Gasteiger partial charge >= 0.3 is 0 Å². The minimum atomic E-state index is -1.65. The lowest BCUT2D eigenvalue weighted by Gasteiger charge is -2.32. The molecule has 54 heavy (non-hydrogen) atoms. The summed E-state index contributed by atoms with van der Waals surface area (Å²) in [5.74, 6) is 1.61. The standard InChI is InChI=1S/C38H41N9O7/c1-50-32-19-25(20-33(51-2)34(32)52-3)22-41-45-37(49)38(21-27-9-4-5-10-28(27)23-42-46-39)35(31-12-7-6-11-29(31)24-43-47-40)54-36(44-38)26-13-15-30(16-14-26)53-18-8-17-48/h4-7,9-16,19-20,35,41,48H,8,17-18,21-24H2,1-3H3,(H,45,49)/t35-,38-/m0/s1. The van der Waals surface area contributed by atoms with Gasteiger partial charge in [-0.15, -0.1) is 0 Å². The van der Waals surface area contributed by atoms with Crippen LogP contribution in [-0.4, -0.2) is 57.0 Å². The first kappa shape index (κ1) is 38.8. The van der Waals surface area contributed by atoms with E-state index in [2.05, 4.69) is 30.9 Å². The van der Waals surface area contributed by atoms with Crippen molar-refractivity contribution in [1.82, 2.24) is 10.9 Å². The zero-order valence-electron chi connectivity index (χ0n) is 30.1. The number of benzene rings is 4. The second-order valence-electron chi connectivity index (χ2n) is 12.1. The number of methoxy groups -OCH3 is 3. The summed E-state index contributed by atoms with van der Waals surface area (Å²) in [4.78, 5) is 25.9. The number of carbonyl (C=O) groups excluding carboxylic acids is 1. The first-order valence-corrected chi connectivity index (χ1v) is 17.0. The lowest BCUT2D eigenvalue weighted by molar-refractivity contribution is -0.130. The number of hydrogen-bond donors (Lipinski definition) is 3. The van der Waals surface area contributed by atoms with Crippen molar-refractivity contribution in [3.05, 3.63) is 139 Å². The Hall–Kier alpha value is -6.44. The molecule has 2 atom stereocenters. The van der Waals surface area contributed by atoms with Crippen LogP contribution in [0.1, 0.15) is 45.9 Å². The predicted octanol–water partition coefficient (Wildman–Crippen LogP) is 6.41. The molecule has 1 amide bonds. The van der Waals surface area contributed by atoms with Gasteiger partial charge in [-0.05, 0) is 75.3 Å². The second-order valence-corrected chi connectivity index (χ2v) is 12.1. The summed E-state index contributed by atoms with van der Waals surface area (Å²) in [7, 11) is 4.56. The van der Waals surface area contributed by atoms with Crippen LogP contribution in [0.15, 0.2) is 100 Å². The van der Waals surface area contributed by atoms with Gasteiger partial charge in [0.15, 0.2) is 23.1 Å². The van der Waals surface area contributed by atoms with E-state index in [4.69, 9.17) is 39.3 Å². The van der Waals surface area contributed by atoms with Gasteiger partial charge in [-0.1, -0.05) is 58.8 Å². The Kier molecular flexibility index (Phi) is 13.6. The molecule has 16 heteroatoms. The molecular weight excluding hydrogens is 694 g/mol. The predicted molar refractivity (Wildman–Crippen MR) is 200 cm³/mol. The molecule has 1 aliphatic rings. The minimum Gasteiger partial charge on any atom is -0.494 e. The molecule has 5 rings (SSSR count). The van der Waals surface area contributed by atoms with Crippen molar-refractivity contribution in [1.29, 1.82) is 0 Å². The Labute approximate surface area is 311 Å². The van der Waals surface area contributed by atoms with Crippen LogP contribution in [0.3, 0.4) is 0 Å². The fourth-order valence-electron chi connectivity index (χ4n) is 6.16. The van der Waals surface area contributed by atoms with Crippen LogP contribution in [-0.2, 0) is 35.6 Å². The van der Waals surface area contributed by atoms with Gasteiger partial charge in [-0.25, -0.2) is 10.4 Å². The molecule has 1 heterocycles. The number of ether oxygens (including phenoxy) is 5. The van der Waals surface area contributed by atoms with Crippen molar-refractivity contribution in [2.45, 2.75) is 44.1 Å². The largest absolute Gasteiger partial charge is 0.494 e. The van der Waals surface area contributed by atoms with Crippen LogP contribution >= 0.6 is 0 Å². The van der Waals surface area contributed by atoms with Gasteiger partial charge in [-0.2, -0.15) is 0 Å². The molecule has 3 N–H and O–H groups in total. The topological polar surface area (TPSA) is 217 Å². The number of nitrogens with zero attached hydrogens (tertiary/aromatic N) is 7. The molecule has 0 bridgehead atoms. The molecule has 280 valence electrons. The number of nitrogens with one attached hydrogen (secondary N) is 2. The third-order valence-corrected chi connectivity index (χ3v) is 8.77. The fraction of sp³-hybridized carbons (Fsp3) is 0.316. The maximum Gasteiger partial charge on any atom is 0.266 e. The Bertz CT molecular complexity index is 2020. The third kappa shape index (κ3) is 8.95. The number of amides is 1.